The molecular weight excluding hydrogens is 328 g/mol. The molecule has 0 amide bonds. The Morgan fingerprint density at radius 1 is 1.00 bits per heavy atom. The van der Waals surface area contributed by atoms with Crippen LogP contribution >= 0.6 is 0 Å². The molecule has 0 aliphatic carbocycles. The van der Waals surface area contributed by atoms with Crippen LogP contribution in [0.25, 0.3) is 10.8 Å². The van der Waals surface area contributed by atoms with Crippen molar-refractivity contribution in [2.45, 2.75) is 6.42 Å². The maximum atomic E-state index is 12.2. The molecule has 0 radical (unpaired) electrons. The number of fused-ring (bicyclic) bond motifs is 1. The monoisotopic (exact) mass is 348 g/mol. The number of benzene rings is 3. The van der Waals surface area contributed by atoms with E-state index < -0.39 is 5.97 Å². The summed E-state index contributed by atoms with van der Waals surface area (Å²) in [7, 11) is 1.56. The Balaban J connectivity index is 1.68. The van der Waals surface area contributed by atoms with Crippen LogP contribution in [0, 0.1) is 0 Å². The lowest BCUT2D eigenvalue weighted by atomic mass is 10.1. The molecule has 0 aromatic heterocycles. The summed E-state index contributed by atoms with van der Waals surface area (Å²) in [5.74, 6) is 1.11. The van der Waals surface area contributed by atoms with E-state index >= 15 is 0 Å². The van der Waals surface area contributed by atoms with E-state index in [-0.39, 0.29) is 6.61 Å². The van der Waals surface area contributed by atoms with Crippen LogP contribution in [0.2, 0.25) is 0 Å². The second-order valence-corrected chi connectivity index (χ2v) is 5.72. The van der Waals surface area contributed by atoms with E-state index in [1.165, 1.54) is 0 Å². The van der Waals surface area contributed by atoms with Gasteiger partial charge in [-0.25, -0.2) is 4.79 Å². The van der Waals surface area contributed by atoms with E-state index in [1.807, 2.05) is 54.6 Å². The summed E-state index contributed by atoms with van der Waals surface area (Å²) in [6.07, 6.45) is 2.55. The molecule has 0 atom stereocenters. The van der Waals surface area contributed by atoms with Gasteiger partial charge in [-0.1, -0.05) is 48.5 Å². The zero-order valence-electron chi connectivity index (χ0n) is 14.6. The van der Waals surface area contributed by atoms with Gasteiger partial charge in [-0.15, -0.1) is 6.58 Å². The molecule has 3 aromatic rings. The van der Waals surface area contributed by atoms with Gasteiger partial charge in [0.25, 0.3) is 0 Å². The van der Waals surface area contributed by atoms with E-state index in [1.54, 1.807) is 19.2 Å². The molecule has 4 nitrogen and oxygen atoms in total. The summed E-state index contributed by atoms with van der Waals surface area (Å²) < 4.78 is 16.4. The minimum absolute atomic E-state index is 0.208. The van der Waals surface area contributed by atoms with E-state index in [0.717, 1.165) is 22.8 Å². The number of hydrogen-bond acceptors (Lipinski definition) is 4. The van der Waals surface area contributed by atoms with Crippen LogP contribution in [0.3, 0.4) is 0 Å². The second kappa shape index (κ2) is 8.21. The maximum absolute atomic E-state index is 12.2. The quantitative estimate of drug-likeness (QED) is 0.357. The molecular formula is C22H20O4. The summed E-state index contributed by atoms with van der Waals surface area (Å²) in [6, 6.07) is 18.9. The second-order valence-electron chi connectivity index (χ2n) is 5.72. The Kier molecular flexibility index (Phi) is 5.54. The molecule has 26 heavy (non-hydrogen) atoms. The molecule has 132 valence electrons. The van der Waals surface area contributed by atoms with Crippen LogP contribution in [0.1, 0.15) is 5.56 Å². The number of allylic oxidation sites excluding steroid dienone is 1. The summed E-state index contributed by atoms with van der Waals surface area (Å²) in [5, 5.41) is 1.90. The molecule has 0 unspecified atom stereocenters. The van der Waals surface area contributed by atoms with Crippen LogP contribution in [0.4, 0.5) is 0 Å². The maximum Gasteiger partial charge on any atom is 0.349 e. The zero-order chi connectivity index (χ0) is 18.4. The predicted octanol–water partition coefficient (Wildman–Crippen LogP) is 4.56. The molecule has 0 saturated carbocycles. The summed E-state index contributed by atoms with van der Waals surface area (Å²) in [5.41, 5.74) is 1.06. The number of esters is 1. The molecule has 0 bridgehead atoms. The summed E-state index contributed by atoms with van der Waals surface area (Å²) in [4.78, 5) is 12.2. The number of carbonyl (C=O) groups is 1. The van der Waals surface area contributed by atoms with E-state index in [4.69, 9.17) is 14.2 Å². The van der Waals surface area contributed by atoms with Crippen molar-refractivity contribution in [2.75, 3.05) is 13.7 Å². The molecule has 3 rings (SSSR count). The van der Waals surface area contributed by atoms with E-state index in [0.29, 0.717) is 17.2 Å². The molecule has 0 N–H and O–H groups in total. The number of hydrogen-bond donors (Lipinski definition) is 0. The average Bonchev–Trinajstić information content (AvgIpc) is 2.67. The topological polar surface area (TPSA) is 44.8 Å². The van der Waals surface area contributed by atoms with Crippen LogP contribution in [0.5, 0.6) is 17.2 Å². The first-order valence-corrected chi connectivity index (χ1v) is 8.30. The fraction of sp³-hybridized carbons (Fsp3) is 0.136. The highest BCUT2D eigenvalue weighted by molar-refractivity contribution is 5.90. The van der Waals surface area contributed by atoms with E-state index in [2.05, 4.69) is 6.58 Å². The van der Waals surface area contributed by atoms with Crippen molar-refractivity contribution in [1.29, 1.82) is 0 Å². The minimum Gasteiger partial charge on any atom is -0.493 e. The minimum atomic E-state index is -0.474. The molecule has 0 heterocycles. The van der Waals surface area contributed by atoms with Crippen molar-refractivity contribution < 1.29 is 19.0 Å². The number of methoxy groups -OCH3 is 1. The van der Waals surface area contributed by atoms with Crippen molar-refractivity contribution in [2.24, 2.45) is 0 Å². The fourth-order valence-corrected chi connectivity index (χ4v) is 2.70. The Morgan fingerprint density at radius 3 is 2.62 bits per heavy atom. The smallest absolute Gasteiger partial charge is 0.349 e. The third-order valence-electron chi connectivity index (χ3n) is 3.93. The predicted molar refractivity (Wildman–Crippen MR) is 102 cm³/mol. The van der Waals surface area contributed by atoms with Gasteiger partial charge in [0.2, 0.25) is 0 Å². The van der Waals surface area contributed by atoms with Crippen molar-refractivity contribution in [3.63, 3.8) is 0 Å². The van der Waals surface area contributed by atoms with Crippen molar-refractivity contribution in [3.05, 3.63) is 78.9 Å². The summed E-state index contributed by atoms with van der Waals surface area (Å²) >= 11 is 0. The van der Waals surface area contributed by atoms with Crippen molar-refractivity contribution in [3.8, 4) is 17.2 Å². The summed E-state index contributed by atoms with van der Waals surface area (Å²) in [6.45, 7) is 3.51. The molecule has 0 fully saturated rings. The molecule has 0 aliphatic heterocycles. The van der Waals surface area contributed by atoms with Crippen LogP contribution in [-0.2, 0) is 11.2 Å². The molecule has 0 aliphatic rings. The first-order chi connectivity index (χ1) is 12.7. The standard InChI is InChI=1S/C22H20O4/c1-3-7-16-12-13-20(21(14-16)24-2)25-15-22(23)26-19-11-6-9-17-8-4-5-10-18(17)19/h3-6,8-14H,1,7,15H2,2H3. The van der Waals surface area contributed by atoms with Gasteiger partial charge in [0.05, 0.1) is 7.11 Å². The third-order valence-corrected chi connectivity index (χ3v) is 3.93. The van der Waals surface area contributed by atoms with Gasteiger partial charge in [-0.3, -0.25) is 0 Å². The van der Waals surface area contributed by atoms with Gasteiger partial charge in [0.15, 0.2) is 18.1 Å². The fourth-order valence-electron chi connectivity index (χ4n) is 2.70. The lowest BCUT2D eigenvalue weighted by molar-refractivity contribution is -0.136. The Bertz CT molecular complexity index is 925. The number of rotatable bonds is 7. The molecule has 0 spiro atoms. The third kappa shape index (κ3) is 4.03. The van der Waals surface area contributed by atoms with Crippen LogP contribution < -0.4 is 14.2 Å². The Morgan fingerprint density at radius 2 is 1.81 bits per heavy atom. The number of carbonyl (C=O) groups excluding carboxylic acids is 1. The Labute approximate surface area is 152 Å². The average molecular weight is 348 g/mol. The molecule has 4 heteroatoms. The van der Waals surface area contributed by atoms with Crippen molar-refractivity contribution >= 4 is 16.7 Å². The van der Waals surface area contributed by atoms with E-state index in [9.17, 15) is 4.79 Å². The molecule has 3 aromatic carbocycles. The van der Waals surface area contributed by atoms with Gasteiger partial charge in [-0.05, 0) is 35.6 Å². The highest BCUT2D eigenvalue weighted by Gasteiger charge is 2.11. The van der Waals surface area contributed by atoms with Gasteiger partial charge in [-0.2, -0.15) is 0 Å². The largest absolute Gasteiger partial charge is 0.493 e. The molecule has 0 saturated heterocycles. The highest BCUT2D eigenvalue weighted by Crippen LogP contribution is 2.29. The highest BCUT2D eigenvalue weighted by atomic mass is 16.6. The zero-order valence-corrected chi connectivity index (χ0v) is 14.6. The normalized spacial score (nSPS) is 10.3. The van der Waals surface area contributed by atoms with Gasteiger partial charge < -0.3 is 14.2 Å². The SMILES string of the molecule is C=CCc1ccc(OCC(=O)Oc2cccc3ccccc23)c(OC)c1. The van der Waals surface area contributed by atoms with Gasteiger partial charge >= 0.3 is 5.97 Å². The first-order valence-electron chi connectivity index (χ1n) is 8.30. The van der Waals surface area contributed by atoms with Crippen molar-refractivity contribution in [1.82, 2.24) is 0 Å². The van der Waals surface area contributed by atoms with Gasteiger partial charge in [0, 0.05) is 5.39 Å². The number of ether oxygens (including phenoxy) is 3. The lowest BCUT2D eigenvalue weighted by Gasteiger charge is -2.12. The van der Waals surface area contributed by atoms with Crippen LogP contribution in [0.15, 0.2) is 73.3 Å². The van der Waals surface area contributed by atoms with Crippen LogP contribution in [-0.4, -0.2) is 19.7 Å². The first kappa shape index (κ1) is 17.5. The lowest BCUT2D eigenvalue weighted by Crippen LogP contribution is -2.18. The van der Waals surface area contributed by atoms with Gasteiger partial charge in [0.1, 0.15) is 5.75 Å². The Hall–Kier alpha value is -3.27.